The number of ketones is 1. The highest BCUT2D eigenvalue weighted by atomic mass is 16.3. The molecule has 0 aromatic rings. The van der Waals surface area contributed by atoms with Gasteiger partial charge in [0.2, 0.25) is 0 Å². The molecule has 1 fully saturated rings. The SMILES string of the molecule is CC(=O)C(C)(C)CN1CCC(O)CC1. The van der Waals surface area contributed by atoms with E-state index in [9.17, 15) is 9.90 Å². The maximum Gasteiger partial charge on any atom is 0.136 e. The number of nitrogens with zero attached hydrogens (tertiary/aromatic N) is 1. The molecule has 0 atom stereocenters. The van der Waals surface area contributed by atoms with Crippen LogP contribution >= 0.6 is 0 Å². The van der Waals surface area contributed by atoms with E-state index < -0.39 is 0 Å². The summed E-state index contributed by atoms with van der Waals surface area (Å²) in [5.41, 5.74) is -0.248. The van der Waals surface area contributed by atoms with Gasteiger partial charge in [0.1, 0.15) is 5.78 Å². The molecular weight excluding hydrogens is 178 g/mol. The van der Waals surface area contributed by atoms with Crippen LogP contribution < -0.4 is 0 Å². The van der Waals surface area contributed by atoms with Crippen LogP contribution in [0.1, 0.15) is 33.6 Å². The topological polar surface area (TPSA) is 40.5 Å². The first-order valence-electron chi connectivity index (χ1n) is 5.33. The molecule has 82 valence electrons. The molecule has 0 aromatic carbocycles. The van der Waals surface area contributed by atoms with Crippen LogP contribution in [0, 0.1) is 5.41 Å². The van der Waals surface area contributed by atoms with Gasteiger partial charge in [-0.25, -0.2) is 0 Å². The van der Waals surface area contributed by atoms with Crippen molar-refractivity contribution in [2.45, 2.75) is 39.7 Å². The molecule has 1 saturated heterocycles. The quantitative estimate of drug-likeness (QED) is 0.739. The van der Waals surface area contributed by atoms with Gasteiger partial charge in [0.05, 0.1) is 6.10 Å². The molecule has 14 heavy (non-hydrogen) atoms. The zero-order valence-electron chi connectivity index (χ0n) is 9.42. The molecule has 1 rings (SSSR count). The second kappa shape index (κ2) is 4.41. The van der Waals surface area contributed by atoms with Gasteiger partial charge in [-0.1, -0.05) is 13.8 Å². The van der Waals surface area contributed by atoms with Crippen LogP contribution in [-0.2, 0) is 4.79 Å². The fourth-order valence-electron chi connectivity index (χ4n) is 1.75. The summed E-state index contributed by atoms with van der Waals surface area (Å²) >= 11 is 0. The van der Waals surface area contributed by atoms with Crippen molar-refractivity contribution in [3.05, 3.63) is 0 Å². The highest BCUT2D eigenvalue weighted by molar-refractivity contribution is 5.81. The van der Waals surface area contributed by atoms with Crippen molar-refractivity contribution in [1.82, 2.24) is 4.90 Å². The van der Waals surface area contributed by atoms with E-state index >= 15 is 0 Å². The molecule has 1 heterocycles. The summed E-state index contributed by atoms with van der Waals surface area (Å²) in [6.07, 6.45) is 1.55. The van der Waals surface area contributed by atoms with Crippen LogP contribution in [0.4, 0.5) is 0 Å². The number of carbonyl (C=O) groups is 1. The number of hydrogen-bond donors (Lipinski definition) is 1. The number of aliphatic hydroxyl groups excluding tert-OH is 1. The van der Waals surface area contributed by atoms with Crippen molar-refractivity contribution in [2.75, 3.05) is 19.6 Å². The lowest BCUT2D eigenvalue weighted by Gasteiger charge is -2.34. The Morgan fingerprint density at radius 2 is 1.93 bits per heavy atom. The third-order valence-electron chi connectivity index (χ3n) is 3.13. The number of carbonyl (C=O) groups excluding carboxylic acids is 1. The number of likely N-dealkylation sites (tertiary alicyclic amines) is 1. The van der Waals surface area contributed by atoms with E-state index in [1.807, 2.05) is 13.8 Å². The van der Waals surface area contributed by atoms with Crippen molar-refractivity contribution < 1.29 is 9.90 Å². The molecule has 1 N–H and O–H groups in total. The Kier molecular flexibility index (Phi) is 3.67. The molecule has 0 aliphatic carbocycles. The lowest BCUT2D eigenvalue weighted by molar-refractivity contribution is -0.126. The first-order valence-corrected chi connectivity index (χ1v) is 5.33. The lowest BCUT2D eigenvalue weighted by Crippen LogP contribution is -2.43. The zero-order valence-corrected chi connectivity index (χ0v) is 9.42. The second-order valence-electron chi connectivity index (χ2n) is 4.95. The standard InChI is InChI=1S/C11H21NO2/c1-9(13)11(2,3)8-12-6-4-10(14)5-7-12/h10,14H,4-8H2,1-3H3. The van der Waals surface area contributed by atoms with Crippen LogP contribution in [0.2, 0.25) is 0 Å². The van der Waals surface area contributed by atoms with Gasteiger partial charge in [0.25, 0.3) is 0 Å². The smallest absolute Gasteiger partial charge is 0.136 e. The maximum atomic E-state index is 11.3. The second-order valence-corrected chi connectivity index (χ2v) is 4.95. The summed E-state index contributed by atoms with van der Waals surface area (Å²) in [6, 6.07) is 0. The number of aliphatic hydroxyl groups is 1. The first kappa shape index (κ1) is 11.7. The first-order chi connectivity index (χ1) is 6.42. The van der Waals surface area contributed by atoms with Crippen LogP contribution in [0.5, 0.6) is 0 Å². The van der Waals surface area contributed by atoms with Crippen molar-refractivity contribution in [1.29, 1.82) is 0 Å². The van der Waals surface area contributed by atoms with Gasteiger partial charge in [-0.2, -0.15) is 0 Å². The van der Waals surface area contributed by atoms with E-state index in [0.29, 0.717) is 0 Å². The van der Waals surface area contributed by atoms with E-state index in [2.05, 4.69) is 4.90 Å². The molecule has 0 amide bonds. The summed E-state index contributed by atoms with van der Waals surface area (Å²) in [7, 11) is 0. The van der Waals surface area contributed by atoms with Gasteiger partial charge in [-0.15, -0.1) is 0 Å². The monoisotopic (exact) mass is 199 g/mol. The van der Waals surface area contributed by atoms with Crippen LogP contribution in [0.3, 0.4) is 0 Å². The van der Waals surface area contributed by atoms with Crippen LogP contribution in [-0.4, -0.2) is 41.5 Å². The fourth-order valence-corrected chi connectivity index (χ4v) is 1.75. The van der Waals surface area contributed by atoms with E-state index in [-0.39, 0.29) is 17.3 Å². The minimum atomic E-state index is -0.248. The Morgan fingerprint density at radius 1 is 1.43 bits per heavy atom. The highest BCUT2D eigenvalue weighted by Gasteiger charge is 2.28. The van der Waals surface area contributed by atoms with Gasteiger partial charge in [-0.05, 0) is 19.8 Å². The van der Waals surface area contributed by atoms with E-state index in [1.54, 1.807) is 6.92 Å². The predicted octanol–water partition coefficient (Wildman–Crippen LogP) is 1.06. The summed E-state index contributed by atoms with van der Waals surface area (Å²) in [5.74, 6) is 0.239. The average molecular weight is 199 g/mol. The molecule has 0 aromatic heterocycles. The molecule has 0 spiro atoms. The minimum absolute atomic E-state index is 0.133. The van der Waals surface area contributed by atoms with Crippen molar-refractivity contribution in [3.8, 4) is 0 Å². The van der Waals surface area contributed by atoms with E-state index in [0.717, 1.165) is 32.5 Å². The fraction of sp³-hybridized carbons (Fsp3) is 0.909. The molecule has 1 aliphatic heterocycles. The number of piperidine rings is 1. The average Bonchev–Trinajstić information content (AvgIpc) is 2.08. The van der Waals surface area contributed by atoms with Gasteiger partial charge >= 0.3 is 0 Å². The summed E-state index contributed by atoms with van der Waals surface area (Å²) < 4.78 is 0. The van der Waals surface area contributed by atoms with E-state index in [4.69, 9.17) is 0 Å². The molecule has 3 nitrogen and oxygen atoms in total. The summed E-state index contributed by atoms with van der Waals surface area (Å²) in [6.45, 7) is 8.27. The largest absolute Gasteiger partial charge is 0.393 e. The summed E-state index contributed by atoms with van der Waals surface area (Å²) in [5, 5.41) is 9.34. The van der Waals surface area contributed by atoms with Gasteiger partial charge in [-0.3, -0.25) is 4.79 Å². The zero-order chi connectivity index (χ0) is 10.8. The third-order valence-corrected chi connectivity index (χ3v) is 3.13. The number of Topliss-reactive ketones (excluding diaryl/α,β-unsaturated/α-hetero) is 1. The molecule has 0 radical (unpaired) electrons. The Labute approximate surface area is 86.1 Å². The number of hydrogen-bond acceptors (Lipinski definition) is 3. The normalized spacial score (nSPS) is 21.1. The van der Waals surface area contributed by atoms with Gasteiger partial charge in [0.15, 0.2) is 0 Å². The summed E-state index contributed by atoms with van der Waals surface area (Å²) in [4.78, 5) is 13.6. The van der Waals surface area contributed by atoms with Crippen molar-refractivity contribution in [3.63, 3.8) is 0 Å². The van der Waals surface area contributed by atoms with Gasteiger partial charge in [0, 0.05) is 25.0 Å². The van der Waals surface area contributed by atoms with E-state index in [1.165, 1.54) is 0 Å². The molecule has 0 bridgehead atoms. The van der Waals surface area contributed by atoms with Crippen LogP contribution in [0.15, 0.2) is 0 Å². The third kappa shape index (κ3) is 3.07. The molecule has 1 aliphatic rings. The lowest BCUT2D eigenvalue weighted by atomic mass is 9.87. The molecule has 0 unspecified atom stereocenters. The minimum Gasteiger partial charge on any atom is -0.393 e. The Balaban J connectivity index is 2.41. The van der Waals surface area contributed by atoms with Crippen LogP contribution in [0.25, 0.3) is 0 Å². The predicted molar refractivity (Wildman–Crippen MR) is 56.1 cm³/mol. The molecule has 0 saturated carbocycles. The maximum absolute atomic E-state index is 11.3. The highest BCUT2D eigenvalue weighted by Crippen LogP contribution is 2.20. The Hall–Kier alpha value is -0.410. The Morgan fingerprint density at radius 3 is 2.36 bits per heavy atom. The van der Waals surface area contributed by atoms with Crippen molar-refractivity contribution >= 4 is 5.78 Å². The number of rotatable bonds is 3. The van der Waals surface area contributed by atoms with Crippen molar-refractivity contribution in [2.24, 2.45) is 5.41 Å². The van der Waals surface area contributed by atoms with Gasteiger partial charge < -0.3 is 10.0 Å². The molecule has 3 heteroatoms. The Bertz CT molecular complexity index is 205. The molecular formula is C11H21NO2.